The quantitative estimate of drug-likeness (QED) is 0.790. The number of likely N-dealkylation sites (N-methyl/N-ethyl adjacent to an activating group) is 1. The van der Waals surface area contributed by atoms with Gasteiger partial charge in [-0.25, -0.2) is 0 Å². The Morgan fingerprint density at radius 2 is 2.00 bits per heavy atom. The summed E-state index contributed by atoms with van der Waals surface area (Å²) in [7, 11) is 0. The van der Waals surface area contributed by atoms with E-state index >= 15 is 0 Å². The molecule has 0 radical (unpaired) electrons. The number of hydrogen-bond donors (Lipinski definition) is 0. The maximum Gasteiger partial charge on any atom is 0.0482 e. The van der Waals surface area contributed by atoms with Gasteiger partial charge >= 0.3 is 0 Å². The molecule has 0 N–H and O–H groups in total. The van der Waals surface area contributed by atoms with Gasteiger partial charge in [-0.3, -0.25) is 0 Å². The second kappa shape index (κ2) is 5.79. The number of fused-ring (bicyclic) bond motifs is 1. The maximum absolute atomic E-state index is 2.68. The molecule has 0 saturated heterocycles. The van der Waals surface area contributed by atoms with Crippen LogP contribution in [0.4, 0.5) is 0 Å². The first-order chi connectivity index (χ1) is 9.38. The molecule has 2 aromatic rings. The average Bonchev–Trinajstić information content (AvgIpc) is 3.09. The van der Waals surface area contributed by atoms with Crippen molar-refractivity contribution in [3.05, 3.63) is 42.2 Å². The van der Waals surface area contributed by atoms with Crippen LogP contribution in [-0.2, 0) is 6.42 Å². The molecule has 0 aliphatic heterocycles. The highest BCUT2D eigenvalue weighted by atomic mass is 15.1. The molecule has 1 aliphatic rings. The standard InChI is InChI=1S/C17H24N2/c1-2-18(16-7-3-4-8-16)13-10-15-11-14-19-12-6-5-9-17(15)19/h5-6,9,11-12,14,16H,2-4,7-8,10,13H2,1H3. The first-order valence-electron chi connectivity index (χ1n) is 7.67. The summed E-state index contributed by atoms with van der Waals surface area (Å²) in [4.78, 5) is 2.68. The van der Waals surface area contributed by atoms with E-state index in [4.69, 9.17) is 0 Å². The van der Waals surface area contributed by atoms with Crippen LogP contribution in [0.3, 0.4) is 0 Å². The normalized spacial score (nSPS) is 16.7. The van der Waals surface area contributed by atoms with E-state index in [9.17, 15) is 0 Å². The Balaban J connectivity index is 1.67. The number of pyridine rings is 1. The Morgan fingerprint density at radius 3 is 2.79 bits per heavy atom. The Hall–Kier alpha value is -1.28. The van der Waals surface area contributed by atoms with Crippen molar-refractivity contribution in [2.45, 2.75) is 45.1 Å². The predicted molar refractivity (Wildman–Crippen MR) is 80.6 cm³/mol. The van der Waals surface area contributed by atoms with E-state index in [-0.39, 0.29) is 0 Å². The van der Waals surface area contributed by atoms with E-state index in [2.05, 4.69) is 52.9 Å². The third-order valence-corrected chi connectivity index (χ3v) is 4.57. The van der Waals surface area contributed by atoms with Crippen LogP contribution < -0.4 is 0 Å². The van der Waals surface area contributed by atoms with Crippen molar-refractivity contribution in [2.24, 2.45) is 0 Å². The number of nitrogens with zero attached hydrogens (tertiary/aromatic N) is 2. The summed E-state index contributed by atoms with van der Waals surface area (Å²) in [6.45, 7) is 4.70. The number of hydrogen-bond acceptors (Lipinski definition) is 1. The molecule has 1 aliphatic carbocycles. The predicted octanol–water partition coefficient (Wildman–Crippen LogP) is 3.75. The molecule has 3 rings (SSSR count). The zero-order valence-electron chi connectivity index (χ0n) is 11.9. The van der Waals surface area contributed by atoms with Crippen molar-refractivity contribution in [1.82, 2.24) is 9.30 Å². The topological polar surface area (TPSA) is 7.65 Å². The SMILES string of the molecule is CCN(CCc1ccn2ccccc12)C1CCCC1. The Kier molecular flexibility index (Phi) is 3.88. The van der Waals surface area contributed by atoms with Crippen molar-refractivity contribution in [1.29, 1.82) is 0 Å². The molecule has 0 bridgehead atoms. The van der Waals surface area contributed by atoms with Crippen molar-refractivity contribution in [3.63, 3.8) is 0 Å². The van der Waals surface area contributed by atoms with Gasteiger partial charge in [-0.2, -0.15) is 0 Å². The minimum atomic E-state index is 0.846. The molecule has 2 nitrogen and oxygen atoms in total. The van der Waals surface area contributed by atoms with E-state index in [0.717, 1.165) is 6.04 Å². The largest absolute Gasteiger partial charge is 0.324 e. The van der Waals surface area contributed by atoms with Crippen molar-refractivity contribution < 1.29 is 0 Å². The monoisotopic (exact) mass is 256 g/mol. The Morgan fingerprint density at radius 1 is 1.16 bits per heavy atom. The molecule has 0 aromatic carbocycles. The molecular formula is C17H24N2. The van der Waals surface area contributed by atoms with Gasteiger partial charge in [-0.15, -0.1) is 0 Å². The Bertz CT molecular complexity index is 523. The lowest BCUT2D eigenvalue weighted by atomic mass is 10.1. The van der Waals surface area contributed by atoms with E-state index < -0.39 is 0 Å². The van der Waals surface area contributed by atoms with E-state index in [1.165, 1.54) is 56.3 Å². The van der Waals surface area contributed by atoms with Gasteiger partial charge in [-0.05, 0) is 49.6 Å². The van der Waals surface area contributed by atoms with Crippen molar-refractivity contribution in [3.8, 4) is 0 Å². The van der Waals surface area contributed by atoms with Crippen LogP contribution in [0.2, 0.25) is 0 Å². The summed E-state index contributed by atoms with van der Waals surface area (Å²) in [6, 6.07) is 9.57. The summed E-state index contributed by atoms with van der Waals surface area (Å²) < 4.78 is 2.22. The van der Waals surface area contributed by atoms with E-state index in [1.54, 1.807) is 0 Å². The van der Waals surface area contributed by atoms with Gasteiger partial charge in [0.05, 0.1) is 0 Å². The fourth-order valence-electron chi connectivity index (χ4n) is 3.46. The lowest BCUT2D eigenvalue weighted by Crippen LogP contribution is -2.34. The Labute approximate surface area is 116 Å². The second-order valence-corrected chi connectivity index (χ2v) is 5.65. The smallest absolute Gasteiger partial charge is 0.0482 e. The molecule has 0 unspecified atom stereocenters. The molecule has 1 saturated carbocycles. The molecule has 0 amide bonds. The van der Waals surface area contributed by atoms with Gasteiger partial charge in [0.25, 0.3) is 0 Å². The first-order valence-corrected chi connectivity index (χ1v) is 7.67. The lowest BCUT2D eigenvalue weighted by Gasteiger charge is -2.27. The highest BCUT2D eigenvalue weighted by Gasteiger charge is 2.21. The minimum Gasteiger partial charge on any atom is -0.324 e. The molecular weight excluding hydrogens is 232 g/mol. The molecule has 0 spiro atoms. The van der Waals surface area contributed by atoms with Crippen LogP contribution in [0.1, 0.15) is 38.2 Å². The van der Waals surface area contributed by atoms with Crippen LogP contribution in [0.5, 0.6) is 0 Å². The van der Waals surface area contributed by atoms with Gasteiger partial charge in [0, 0.05) is 30.5 Å². The number of rotatable bonds is 5. The van der Waals surface area contributed by atoms with Crippen molar-refractivity contribution >= 4 is 5.52 Å². The zero-order chi connectivity index (χ0) is 13.1. The molecule has 2 heterocycles. The van der Waals surface area contributed by atoms with Crippen molar-refractivity contribution in [2.75, 3.05) is 13.1 Å². The van der Waals surface area contributed by atoms with Crippen LogP contribution in [0, 0.1) is 0 Å². The summed E-state index contributed by atoms with van der Waals surface area (Å²) in [5, 5.41) is 0. The minimum absolute atomic E-state index is 0.846. The summed E-state index contributed by atoms with van der Waals surface area (Å²) in [5.74, 6) is 0. The van der Waals surface area contributed by atoms with Gasteiger partial charge in [0.2, 0.25) is 0 Å². The van der Waals surface area contributed by atoms with E-state index in [1.807, 2.05) is 0 Å². The van der Waals surface area contributed by atoms with Crippen LogP contribution in [-0.4, -0.2) is 28.4 Å². The fourth-order valence-corrected chi connectivity index (χ4v) is 3.46. The summed E-state index contributed by atoms with van der Waals surface area (Å²) in [5.41, 5.74) is 2.85. The van der Waals surface area contributed by atoms with Gasteiger partial charge in [0.15, 0.2) is 0 Å². The van der Waals surface area contributed by atoms with Gasteiger partial charge in [0.1, 0.15) is 0 Å². The summed E-state index contributed by atoms with van der Waals surface area (Å²) in [6.07, 6.45) is 11.1. The van der Waals surface area contributed by atoms with Crippen LogP contribution >= 0.6 is 0 Å². The third kappa shape index (κ3) is 2.69. The van der Waals surface area contributed by atoms with E-state index in [0.29, 0.717) is 0 Å². The molecule has 2 heteroatoms. The zero-order valence-corrected chi connectivity index (χ0v) is 11.9. The second-order valence-electron chi connectivity index (χ2n) is 5.65. The van der Waals surface area contributed by atoms with Crippen LogP contribution in [0.15, 0.2) is 36.7 Å². The highest BCUT2D eigenvalue weighted by molar-refractivity contribution is 5.55. The lowest BCUT2D eigenvalue weighted by molar-refractivity contribution is 0.212. The number of aromatic nitrogens is 1. The molecule has 19 heavy (non-hydrogen) atoms. The molecule has 2 aromatic heterocycles. The third-order valence-electron chi connectivity index (χ3n) is 4.57. The average molecular weight is 256 g/mol. The maximum atomic E-state index is 2.68. The highest BCUT2D eigenvalue weighted by Crippen LogP contribution is 2.24. The van der Waals surface area contributed by atoms with Crippen LogP contribution in [0.25, 0.3) is 5.52 Å². The van der Waals surface area contributed by atoms with Gasteiger partial charge < -0.3 is 9.30 Å². The molecule has 102 valence electrons. The van der Waals surface area contributed by atoms with Gasteiger partial charge in [-0.1, -0.05) is 25.8 Å². The molecule has 0 atom stereocenters. The summed E-state index contributed by atoms with van der Waals surface area (Å²) >= 11 is 0. The molecule has 1 fully saturated rings. The first kappa shape index (κ1) is 12.7. The fraction of sp³-hybridized carbons (Fsp3) is 0.529.